The maximum Gasteiger partial charge on any atom is 0.251 e. The molecule has 1 N–H and O–H groups in total. The average molecular weight is 411 g/mol. The molecule has 0 aliphatic carbocycles. The van der Waals surface area contributed by atoms with Crippen LogP contribution >= 0.6 is 15.9 Å². The molecule has 0 spiro atoms. The molecule has 132 valence electrons. The van der Waals surface area contributed by atoms with E-state index in [9.17, 15) is 9.59 Å². The summed E-state index contributed by atoms with van der Waals surface area (Å²) in [6, 6.07) is 22.7. The number of carbonyl (C=O) groups is 1. The van der Waals surface area contributed by atoms with Crippen LogP contribution < -0.4 is 10.9 Å². The summed E-state index contributed by atoms with van der Waals surface area (Å²) in [5, 5.41) is 3.11. The van der Waals surface area contributed by atoms with Crippen molar-refractivity contribution in [2.24, 2.45) is 0 Å². The summed E-state index contributed by atoms with van der Waals surface area (Å²) < 4.78 is 2.13. The van der Waals surface area contributed by atoms with Crippen LogP contribution in [-0.2, 0) is 16.9 Å². The van der Waals surface area contributed by atoms with Crippen LogP contribution in [-0.4, -0.2) is 10.5 Å². The maximum atomic E-state index is 12.8. The van der Waals surface area contributed by atoms with E-state index in [1.165, 1.54) is 10.6 Å². The molecule has 0 bridgehead atoms. The van der Waals surface area contributed by atoms with E-state index in [4.69, 9.17) is 0 Å². The molecule has 2 aromatic carbocycles. The lowest BCUT2D eigenvalue weighted by Gasteiger charge is -2.32. The first-order valence-corrected chi connectivity index (χ1v) is 9.06. The van der Waals surface area contributed by atoms with E-state index in [-0.39, 0.29) is 18.0 Å². The van der Waals surface area contributed by atoms with Crippen LogP contribution in [0.2, 0.25) is 0 Å². The van der Waals surface area contributed by atoms with Crippen molar-refractivity contribution >= 4 is 21.8 Å². The zero-order valence-electron chi connectivity index (χ0n) is 14.4. The lowest BCUT2D eigenvalue weighted by atomic mass is 9.84. The molecule has 0 fully saturated rings. The third-order valence-corrected chi connectivity index (χ3v) is 4.82. The van der Waals surface area contributed by atoms with E-state index in [1.54, 1.807) is 12.3 Å². The minimum Gasteiger partial charge on any atom is -0.341 e. The topological polar surface area (TPSA) is 51.1 Å². The zero-order chi connectivity index (χ0) is 18.6. The van der Waals surface area contributed by atoms with Gasteiger partial charge in [-0.1, -0.05) is 60.7 Å². The van der Waals surface area contributed by atoms with E-state index >= 15 is 0 Å². The first-order valence-electron chi connectivity index (χ1n) is 8.27. The van der Waals surface area contributed by atoms with Crippen LogP contribution in [0.15, 0.2) is 88.3 Å². The second-order valence-electron chi connectivity index (χ2n) is 6.22. The molecule has 3 rings (SSSR count). The quantitative estimate of drug-likeness (QED) is 0.696. The summed E-state index contributed by atoms with van der Waals surface area (Å²) in [7, 11) is 0. The number of hydrogen-bond acceptors (Lipinski definition) is 2. The normalized spacial score (nSPS) is 11.2. The molecule has 5 heteroatoms. The van der Waals surface area contributed by atoms with E-state index in [0.29, 0.717) is 0 Å². The van der Waals surface area contributed by atoms with Crippen LogP contribution in [0.5, 0.6) is 0 Å². The number of rotatable bonds is 5. The smallest absolute Gasteiger partial charge is 0.251 e. The molecule has 0 radical (unpaired) electrons. The Morgan fingerprint density at radius 1 is 0.962 bits per heavy atom. The van der Waals surface area contributed by atoms with Crippen molar-refractivity contribution < 1.29 is 4.79 Å². The Bertz CT molecular complexity index is 913. The van der Waals surface area contributed by atoms with Gasteiger partial charge in [-0.2, -0.15) is 0 Å². The molecule has 3 aromatic rings. The van der Waals surface area contributed by atoms with Gasteiger partial charge in [-0.05, 0) is 40.0 Å². The predicted molar refractivity (Wildman–Crippen MR) is 106 cm³/mol. The van der Waals surface area contributed by atoms with E-state index in [0.717, 1.165) is 15.6 Å². The monoisotopic (exact) mass is 410 g/mol. The standard InChI is InChI=1S/C21H19BrN2O2/c1-21(16-8-4-2-5-9-16,17-10-6-3-7-11-17)23-19(25)15-24-14-18(22)12-13-20(24)26/h2-14H,15H2,1H3,(H,23,25). The van der Waals surface area contributed by atoms with Crippen LogP contribution in [0, 0.1) is 0 Å². The summed E-state index contributed by atoms with van der Waals surface area (Å²) in [5.74, 6) is -0.236. The zero-order valence-corrected chi connectivity index (χ0v) is 15.9. The highest BCUT2D eigenvalue weighted by molar-refractivity contribution is 9.10. The Morgan fingerprint density at radius 2 is 1.50 bits per heavy atom. The Morgan fingerprint density at radius 3 is 2.04 bits per heavy atom. The molecular formula is C21H19BrN2O2. The van der Waals surface area contributed by atoms with Crippen molar-refractivity contribution in [2.45, 2.75) is 19.0 Å². The van der Waals surface area contributed by atoms with Gasteiger partial charge in [0.05, 0.1) is 5.54 Å². The van der Waals surface area contributed by atoms with Gasteiger partial charge >= 0.3 is 0 Å². The van der Waals surface area contributed by atoms with Crippen molar-refractivity contribution in [1.82, 2.24) is 9.88 Å². The number of benzene rings is 2. The second kappa shape index (κ2) is 7.70. The Kier molecular flexibility index (Phi) is 5.38. The highest BCUT2D eigenvalue weighted by atomic mass is 79.9. The van der Waals surface area contributed by atoms with Gasteiger partial charge in [-0.25, -0.2) is 0 Å². The van der Waals surface area contributed by atoms with Gasteiger partial charge in [0.1, 0.15) is 6.54 Å². The van der Waals surface area contributed by atoms with Crippen molar-refractivity contribution in [3.8, 4) is 0 Å². The average Bonchev–Trinajstić information content (AvgIpc) is 2.66. The first kappa shape index (κ1) is 18.1. The van der Waals surface area contributed by atoms with E-state index in [1.807, 2.05) is 67.6 Å². The molecule has 0 saturated heterocycles. The summed E-state index contributed by atoms with van der Waals surface area (Å²) in [4.78, 5) is 24.7. The molecule has 0 aliphatic rings. The fourth-order valence-electron chi connectivity index (χ4n) is 2.95. The van der Waals surface area contributed by atoms with Crippen molar-refractivity contribution in [3.63, 3.8) is 0 Å². The number of aromatic nitrogens is 1. The maximum absolute atomic E-state index is 12.8. The number of halogens is 1. The molecule has 1 amide bonds. The largest absolute Gasteiger partial charge is 0.341 e. The fourth-order valence-corrected chi connectivity index (χ4v) is 3.33. The number of pyridine rings is 1. The molecule has 0 atom stereocenters. The number of nitrogens with one attached hydrogen (secondary N) is 1. The highest BCUT2D eigenvalue weighted by Gasteiger charge is 2.30. The molecule has 1 aromatic heterocycles. The van der Waals surface area contributed by atoms with Crippen LogP contribution in [0.3, 0.4) is 0 Å². The molecule has 0 aliphatic heterocycles. The van der Waals surface area contributed by atoms with E-state index in [2.05, 4.69) is 21.2 Å². The van der Waals surface area contributed by atoms with Crippen molar-refractivity contribution in [3.05, 3.63) is 105 Å². The number of amides is 1. The molecular weight excluding hydrogens is 392 g/mol. The lowest BCUT2D eigenvalue weighted by Crippen LogP contribution is -2.46. The minimum absolute atomic E-state index is 0.0481. The van der Waals surface area contributed by atoms with Crippen molar-refractivity contribution in [1.29, 1.82) is 0 Å². The van der Waals surface area contributed by atoms with Gasteiger partial charge < -0.3 is 9.88 Å². The molecule has 26 heavy (non-hydrogen) atoms. The first-order chi connectivity index (χ1) is 12.5. The second-order valence-corrected chi connectivity index (χ2v) is 7.13. The molecule has 1 heterocycles. The van der Waals surface area contributed by atoms with Gasteiger partial charge in [0.25, 0.3) is 5.56 Å². The number of carbonyl (C=O) groups excluding carboxylic acids is 1. The van der Waals surface area contributed by atoms with Gasteiger partial charge in [-0.15, -0.1) is 0 Å². The van der Waals surface area contributed by atoms with Crippen LogP contribution in [0.25, 0.3) is 0 Å². The number of nitrogens with zero attached hydrogens (tertiary/aromatic N) is 1. The SMILES string of the molecule is CC(NC(=O)Cn1cc(Br)ccc1=O)(c1ccccc1)c1ccccc1. The van der Waals surface area contributed by atoms with Gasteiger partial charge in [0.2, 0.25) is 5.91 Å². The lowest BCUT2D eigenvalue weighted by molar-refractivity contribution is -0.123. The van der Waals surface area contributed by atoms with Crippen molar-refractivity contribution in [2.75, 3.05) is 0 Å². The molecule has 0 saturated carbocycles. The summed E-state index contributed by atoms with van der Waals surface area (Å²) in [5.41, 5.74) is 1.03. The Hall–Kier alpha value is -2.66. The number of hydrogen-bond donors (Lipinski definition) is 1. The van der Waals surface area contributed by atoms with Crippen LogP contribution in [0.4, 0.5) is 0 Å². The Labute approximate surface area is 160 Å². The Balaban J connectivity index is 1.92. The van der Waals surface area contributed by atoms with Gasteiger partial charge in [-0.3, -0.25) is 9.59 Å². The van der Waals surface area contributed by atoms with E-state index < -0.39 is 5.54 Å². The summed E-state index contributed by atoms with van der Waals surface area (Å²) in [6.45, 7) is 1.92. The third-order valence-electron chi connectivity index (χ3n) is 4.35. The molecule has 4 nitrogen and oxygen atoms in total. The molecule has 0 unspecified atom stereocenters. The minimum atomic E-state index is -0.699. The van der Waals surface area contributed by atoms with Crippen LogP contribution in [0.1, 0.15) is 18.1 Å². The summed E-state index contributed by atoms with van der Waals surface area (Å²) in [6.07, 6.45) is 1.62. The summed E-state index contributed by atoms with van der Waals surface area (Å²) >= 11 is 3.33. The third kappa shape index (κ3) is 3.94. The highest BCUT2D eigenvalue weighted by Crippen LogP contribution is 2.29. The predicted octanol–water partition coefficient (Wildman–Crippen LogP) is 3.69. The van der Waals surface area contributed by atoms with Gasteiger partial charge in [0, 0.05) is 16.7 Å². The fraction of sp³-hybridized carbons (Fsp3) is 0.143. The van der Waals surface area contributed by atoms with Gasteiger partial charge in [0.15, 0.2) is 0 Å².